The molecule has 2 atom stereocenters. The Morgan fingerprint density at radius 2 is 2.19 bits per heavy atom. The topological polar surface area (TPSA) is 58.4 Å². The molecule has 1 fully saturated rings. The molecule has 94 valence electrons. The normalized spacial score (nSPS) is 23.7. The lowest BCUT2D eigenvalue weighted by atomic mass is 10.1. The minimum absolute atomic E-state index is 0.00910. The van der Waals surface area contributed by atoms with Gasteiger partial charge in [-0.3, -0.25) is 9.69 Å². The van der Waals surface area contributed by atoms with Gasteiger partial charge < -0.3 is 11.1 Å². The predicted octanol–water partition coefficient (Wildman–Crippen LogP) is 0.570. The quantitative estimate of drug-likeness (QED) is 0.722. The number of hydrogen-bond acceptors (Lipinski definition) is 3. The van der Waals surface area contributed by atoms with Gasteiger partial charge in [0.2, 0.25) is 5.91 Å². The van der Waals surface area contributed by atoms with Crippen molar-refractivity contribution in [3.8, 4) is 0 Å². The fourth-order valence-electron chi connectivity index (χ4n) is 2.26. The molecule has 1 aliphatic rings. The molecule has 4 nitrogen and oxygen atoms in total. The summed E-state index contributed by atoms with van der Waals surface area (Å²) in [5.41, 5.74) is 5.56. The summed E-state index contributed by atoms with van der Waals surface area (Å²) >= 11 is 0. The van der Waals surface area contributed by atoms with Crippen molar-refractivity contribution in [1.29, 1.82) is 0 Å². The third-order valence-electron chi connectivity index (χ3n) is 3.25. The van der Waals surface area contributed by atoms with E-state index in [1.54, 1.807) is 0 Å². The first-order valence-electron chi connectivity index (χ1n) is 6.29. The summed E-state index contributed by atoms with van der Waals surface area (Å²) < 4.78 is 0. The van der Waals surface area contributed by atoms with Gasteiger partial charge in [0.1, 0.15) is 0 Å². The van der Waals surface area contributed by atoms with Crippen molar-refractivity contribution in [1.82, 2.24) is 10.2 Å². The first-order valence-corrected chi connectivity index (χ1v) is 6.29. The van der Waals surface area contributed by atoms with Crippen LogP contribution in [0.1, 0.15) is 33.6 Å². The predicted molar refractivity (Wildman–Crippen MR) is 66.1 cm³/mol. The van der Waals surface area contributed by atoms with Gasteiger partial charge in [0, 0.05) is 12.6 Å². The second-order valence-electron chi connectivity index (χ2n) is 5.07. The maximum Gasteiger partial charge on any atom is 0.237 e. The Bertz CT molecular complexity index is 230. The largest absolute Gasteiger partial charge is 0.353 e. The molecule has 2 unspecified atom stereocenters. The van der Waals surface area contributed by atoms with Gasteiger partial charge in [0.15, 0.2) is 0 Å². The summed E-state index contributed by atoms with van der Waals surface area (Å²) in [6.07, 6.45) is 2.26. The summed E-state index contributed by atoms with van der Waals surface area (Å²) in [7, 11) is 0. The van der Waals surface area contributed by atoms with E-state index in [0.717, 1.165) is 26.1 Å². The van der Waals surface area contributed by atoms with Crippen LogP contribution < -0.4 is 11.1 Å². The maximum absolute atomic E-state index is 11.8. The van der Waals surface area contributed by atoms with E-state index in [9.17, 15) is 4.79 Å². The highest BCUT2D eigenvalue weighted by Crippen LogP contribution is 2.20. The molecule has 0 aliphatic carbocycles. The average molecular weight is 227 g/mol. The Labute approximate surface area is 98.6 Å². The van der Waals surface area contributed by atoms with Crippen LogP contribution in [0.4, 0.5) is 0 Å². The number of nitrogens with two attached hydrogens (primary N) is 1. The minimum atomic E-state index is -0.00910. The van der Waals surface area contributed by atoms with E-state index in [4.69, 9.17) is 5.73 Å². The van der Waals surface area contributed by atoms with Gasteiger partial charge >= 0.3 is 0 Å². The molecular weight excluding hydrogens is 202 g/mol. The Morgan fingerprint density at radius 3 is 2.75 bits per heavy atom. The molecule has 0 aromatic heterocycles. The lowest BCUT2D eigenvalue weighted by molar-refractivity contribution is -0.126. The molecule has 0 radical (unpaired) electrons. The Morgan fingerprint density at radius 1 is 1.50 bits per heavy atom. The molecule has 1 rings (SSSR count). The minimum Gasteiger partial charge on any atom is -0.353 e. The molecule has 0 aromatic rings. The van der Waals surface area contributed by atoms with Gasteiger partial charge in [0.05, 0.1) is 6.04 Å². The van der Waals surface area contributed by atoms with E-state index in [2.05, 4.69) is 10.2 Å². The second-order valence-corrected chi connectivity index (χ2v) is 5.07. The van der Waals surface area contributed by atoms with Gasteiger partial charge in [-0.25, -0.2) is 0 Å². The van der Waals surface area contributed by atoms with Crippen LogP contribution in [0.3, 0.4) is 0 Å². The number of rotatable bonds is 5. The third-order valence-corrected chi connectivity index (χ3v) is 3.25. The zero-order valence-corrected chi connectivity index (χ0v) is 10.7. The fourth-order valence-corrected chi connectivity index (χ4v) is 2.26. The second kappa shape index (κ2) is 6.21. The van der Waals surface area contributed by atoms with Crippen LogP contribution in [0, 0.1) is 5.92 Å². The van der Waals surface area contributed by atoms with Crippen molar-refractivity contribution < 1.29 is 4.79 Å². The van der Waals surface area contributed by atoms with Crippen LogP contribution in [-0.2, 0) is 4.79 Å². The number of amides is 1. The van der Waals surface area contributed by atoms with Crippen molar-refractivity contribution in [3.05, 3.63) is 0 Å². The first-order chi connectivity index (χ1) is 7.54. The monoisotopic (exact) mass is 227 g/mol. The van der Waals surface area contributed by atoms with E-state index in [1.807, 2.05) is 20.8 Å². The standard InChI is InChI=1S/C12H25N3O/c1-9(2)14-12(16)10(3)15-7-5-11(8-15)4-6-13/h9-11H,4-8,13H2,1-3H3,(H,14,16). The van der Waals surface area contributed by atoms with E-state index < -0.39 is 0 Å². The average Bonchev–Trinajstić information content (AvgIpc) is 2.64. The highest BCUT2D eigenvalue weighted by molar-refractivity contribution is 5.81. The van der Waals surface area contributed by atoms with Gasteiger partial charge in [-0.1, -0.05) is 0 Å². The zero-order chi connectivity index (χ0) is 12.1. The first kappa shape index (κ1) is 13.5. The Kier molecular flexibility index (Phi) is 5.22. The molecule has 1 amide bonds. The lowest BCUT2D eigenvalue weighted by Crippen LogP contribution is -2.46. The molecule has 1 saturated heterocycles. The van der Waals surface area contributed by atoms with Gasteiger partial charge in [0.25, 0.3) is 0 Å². The fraction of sp³-hybridized carbons (Fsp3) is 0.917. The van der Waals surface area contributed by atoms with Gasteiger partial charge in [-0.05, 0) is 52.6 Å². The molecule has 1 aliphatic heterocycles. The number of likely N-dealkylation sites (tertiary alicyclic amines) is 1. The van der Waals surface area contributed by atoms with Gasteiger partial charge in [-0.15, -0.1) is 0 Å². The summed E-state index contributed by atoms with van der Waals surface area (Å²) in [5, 5.41) is 2.96. The number of nitrogens with one attached hydrogen (secondary N) is 1. The molecule has 1 heterocycles. The lowest BCUT2D eigenvalue weighted by Gasteiger charge is -2.24. The highest BCUT2D eigenvalue weighted by atomic mass is 16.2. The molecule has 0 saturated carbocycles. The van der Waals surface area contributed by atoms with E-state index >= 15 is 0 Å². The summed E-state index contributed by atoms with van der Waals surface area (Å²) in [5.74, 6) is 0.822. The van der Waals surface area contributed by atoms with Crippen LogP contribution >= 0.6 is 0 Å². The van der Waals surface area contributed by atoms with E-state index in [-0.39, 0.29) is 18.0 Å². The van der Waals surface area contributed by atoms with Crippen LogP contribution in [0.25, 0.3) is 0 Å². The molecule has 0 bridgehead atoms. The summed E-state index contributed by atoms with van der Waals surface area (Å²) in [6.45, 7) is 8.77. The summed E-state index contributed by atoms with van der Waals surface area (Å²) in [4.78, 5) is 14.1. The van der Waals surface area contributed by atoms with Crippen molar-refractivity contribution in [2.45, 2.75) is 45.7 Å². The molecule has 3 N–H and O–H groups in total. The molecule has 0 aromatic carbocycles. The number of carbonyl (C=O) groups excluding carboxylic acids is 1. The smallest absolute Gasteiger partial charge is 0.237 e. The van der Waals surface area contributed by atoms with Crippen LogP contribution in [-0.4, -0.2) is 42.5 Å². The Balaban J connectivity index is 2.38. The van der Waals surface area contributed by atoms with E-state index in [1.165, 1.54) is 6.42 Å². The van der Waals surface area contributed by atoms with Crippen molar-refractivity contribution >= 4 is 5.91 Å². The van der Waals surface area contributed by atoms with Crippen LogP contribution in [0.5, 0.6) is 0 Å². The number of carbonyl (C=O) groups is 1. The highest BCUT2D eigenvalue weighted by Gasteiger charge is 2.29. The third kappa shape index (κ3) is 3.76. The van der Waals surface area contributed by atoms with Crippen LogP contribution in [0.2, 0.25) is 0 Å². The Hall–Kier alpha value is -0.610. The van der Waals surface area contributed by atoms with Gasteiger partial charge in [-0.2, -0.15) is 0 Å². The van der Waals surface area contributed by atoms with Crippen LogP contribution in [0.15, 0.2) is 0 Å². The SMILES string of the molecule is CC(C)NC(=O)C(C)N1CCC(CCN)C1. The molecule has 4 heteroatoms. The van der Waals surface area contributed by atoms with E-state index in [0.29, 0.717) is 5.92 Å². The molecular formula is C12H25N3O. The molecule has 16 heavy (non-hydrogen) atoms. The zero-order valence-electron chi connectivity index (χ0n) is 10.7. The van der Waals surface area contributed by atoms with Crippen molar-refractivity contribution in [3.63, 3.8) is 0 Å². The molecule has 0 spiro atoms. The summed E-state index contributed by atoms with van der Waals surface area (Å²) in [6, 6.07) is 0.211. The number of nitrogens with zero attached hydrogens (tertiary/aromatic N) is 1. The maximum atomic E-state index is 11.8. The number of hydrogen-bond donors (Lipinski definition) is 2. The van der Waals surface area contributed by atoms with Crippen molar-refractivity contribution in [2.75, 3.05) is 19.6 Å². The van der Waals surface area contributed by atoms with Crippen molar-refractivity contribution in [2.24, 2.45) is 11.7 Å².